The topological polar surface area (TPSA) is 66.4 Å². The number of carbonyl (C=O) groups excluding carboxylic acids is 1. The van der Waals surface area contributed by atoms with Gasteiger partial charge in [0.25, 0.3) is 0 Å². The zero-order valence-corrected chi connectivity index (χ0v) is 13.0. The van der Waals surface area contributed by atoms with Crippen LogP contribution in [0.3, 0.4) is 0 Å². The Kier molecular flexibility index (Phi) is 5.42. The SMILES string of the molecule is CC(C)C(C)(CC(=O)Nc1cc(Cl)cc(Cl)c1)C(=O)O. The van der Waals surface area contributed by atoms with Gasteiger partial charge in [0.05, 0.1) is 5.41 Å². The van der Waals surface area contributed by atoms with Crippen LogP contribution in [-0.2, 0) is 9.59 Å². The van der Waals surface area contributed by atoms with Crippen LogP contribution in [0.2, 0.25) is 10.0 Å². The molecule has 1 aromatic rings. The lowest BCUT2D eigenvalue weighted by atomic mass is 9.76. The van der Waals surface area contributed by atoms with Gasteiger partial charge in [0.15, 0.2) is 0 Å². The van der Waals surface area contributed by atoms with Crippen molar-refractivity contribution >= 4 is 40.8 Å². The van der Waals surface area contributed by atoms with E-state index in [9.17, 15) is 14.7 Å². The quantitative estimate of drug-likeness (QED) is 0.860. The summed E-state index contributed by atoms with van der Waals surface area (Å²) in [6.45, 7) is 5.11. The van der Waals surface area contributed by atoms with Crippen molar-refractivity contribution in [3.63, 3.8) is 0 Å². The molecule has 0 spiro atoms. The van der Waals surface area contributed by atoms with Crippen molar-refractivity contribution in [3.8, 4) is 0 Å². The molecule has 0 aliphatic rings. The summed E-state index contributed by atoms with van der Waals surface area (Å²) >= 11 is 11.7. The minimum absolute atomic E-state index is 0.121. The molecule has 4 nitrogen and oxygen atoms in total. The number of nitrogens with one attached hydrogen (secondary N) is 1. The summed E-state index contributed by atoms with van der Waals surface area (Å²) in [5, 5.41) is 12.7. The summed E-state index contributed by atoms with van der Waals surface area (Å²) in [5.74, 6) is -1.55. The van der Waals surface area contributed by atoms with Crippen LogP contribution in [0.1, 0.15) is 27.2 Å². The third-order valence-electron chi connectivity index (χ3n) is 3.44. The van der Waals surface area contributed by atoms with Crippen molar-refractivity contribution < 1.29 is 14.7 Å². The van der Waals surface area contributed by atoms with Gasteiger partial charge in [0.2, 0.25) is 5.91 Å². The van der Waals surface area contributed by atoms with Crippen LogP contribution < -0.4 is 5.32 Å². The van der Waals surface area contributed by atoms with Gasteiger partial charge in [-0.25, -0.2) is 0 Å². The van der Waals surface area contributed by atoms with Crippen molar-refractivity contribution in [1.29, 1.82) is 0 Å². The summed E-state index contributed by atoms with van der Waals surface area (Å²) in [4.78, 5) is 23.3. The monoisotopic (exact) mass is 317 g/mol. The molecule has 2 N–H and O–H groups in total. The number of aliphatic carboxylic acids is 1. The minimum Gasteiger partial charge on any atom is -0.481 e. The van der Waals surface area contributed by atoms with Crippen molar-refractivity contribution in [2.45, 2.75) is 27.2 Å². The van der Waals surface area contributed by atoms with E-state index >= 15 is 0 Å². The Morgan fingerprint density at radius 3 is 2.15 bits per heavy atom. The van der Waals surface area contributed by atoms with E-state index in [4.69, 9.17) is 23.2 Å². The van der Waals surface area contributed by atoms with Gasteiger partial charge in [-0.15, -0.1) is 0 Å². The zero-order valence-electron chi connectivity index (χ0n) is 11.5. The first-order valence-electron chi connectivity index (χ1n) is 6.14. The number of rotatable bonds is 5. The first kappa shape index (κ1) is 16.8. The summed E-state index contributed by atoms with van der Waals surface area (Å²) in [6, 6.07) is 4.66. The second-order valence-electron chi connectivity index (χ2n) is 5.26. The Hall–Kier alpha value is -1.26. The second-order valence-corrected chi connectivity index (χ2v) is 6.13. The van der Waals surface area contributed by atoms with Crippen molar-refractivity contribution in [3.05, 3.63) is 28.2 Å². The Morgan fingerprint density at radius 2 is 1.75 bits per heavy atom. The Bertz CT molecular complexity index is 511. The fourth-order valence-electron chi connectivity index (χ4n) is 1.69. The smallest absolute Gasteiger partial charge is 0.310 e. The molecule has 1 amide bonds. The molecule has 1 rings (SSSR count). The predicted octanol–water partition coefficient (Wildman–Crippen LogP) is 4.07. The fraction of sp³-hybridized carbons (Fsp3) is 0.429. The third-order valence-corrected chi connectivity index (χ3v) is 3.87. The Balaban J connectivity index is 2.84. The highest BCUT2D eigenvalue weighted by atomic mass is 35.5. The molecule has 0 bridgehead atoms. The van der Waals surface area contributed by atoms with Crippen LogP contribution in [0.4, 0.5) is 5.69 Å². The number of carbonyl (C=O) groups is 2. The molecule has 1 unspecified atom stereocenters. The van der Waals surface area contributed by atoms with Crippen molar-refractivity contribution in [1.82, 2.24) is 0 Å². The standard InChI is InChI=1S/C14H17Cl2NO3/c1-8(2)14(3,13(19)20)7-12(18)17-11-5-9(15)4-10(16)6-11/h4-6,8H,7H2,1-3H3,(H,17,18)(H,19,20). The van der Waals surface area contributed by atoms with E-state index in [0.717, 1.165) is 0 Å². The normalized spacial score (nSPS) is 13.9. The molecule has 6 heteroatoms. The van der Waals surface area contributed by atoms with Crippen molar-refractivity contribution in [2.75, 3.05) is 5.32 Å². The number of benzene rings is 1. The number of anilines is 1. The molecule has 20 heavy (non-hydrogen) atoms. The predicted molar refractivity (Wildman–Crippen MR) is 80.3 cm³/mol. The van der Waals surface area contributed by atoms with E-state index in [1.807, 2.05) is 0 Å². The summed E-state index contributed by atoms with van der Waals surface area (Å²) in [5.41, 5.74) is -0.670. The maximum absolute atomic E-state index is 12.0. The second kappa shape index (κ2) is 6.46. The lowest BCUT2D eigenvalue weighted by Crippen LogP contribution is -2.37. The van der Waals surface area contributed by atoms with E-state index in [1.165, 1.54) is 0 Å². The molecule has 1 aromatic carbocycles. The molecule has 0 aliphatic carbocycles. The largest absolute Gasteiger partial charge is 0.481 e. The summed E-state index contributed by atoms with van der Waals surface area (Å²) in [7, 11) is 0. The van der Waals surface area contributed by atoms with Gasteiger partial charge >= 0.3 is 5.97 Å². The van der Waals surface area contributed by atoms with Crippen LogP contribution in [0, 0.1) is 11.3 Å². The lowest BCUT2D eigenvalue weighted by Gasteiger charge is -2.28. The molecular weight excluding hydrogens is 301 g/mol. The number of carboxylic acid groups (broad SMARTS) is 1. The van der Waals surface area contributed by atoms with E-state index in [2.05, 4.69) is 5.32 Å². The third kappa shape index (κ3) is 4.12. The van der Waals surface area contributed by atoms with Crippen LogP contribution in [0.25, 0.3) is 0 Å². The minimum atomic E-state index is -1.12. The average Bonchev–Trinajstić information content (AvgIpc) is 2.26. The van der Waals surface area contributed by atoms with Crippen LogP contribution in [0.5, 0.6) is 0 Å². The van der Waals surface area contributed by atoms with Crippen LogP contribution in [0.15, 0.2) is 18.2 Å². The molecule has 0 saturated heterocycles. The molecule has 0 radical (unpaired) electrons. The van der Waals surface area contributed by atoms with E-state index < -0.39 is 11.4 Å². The molecule has 0 heterocycles. The van der Waals surface area contributed by atoms with Gasteiger partial charge < -0.3 is 10.4 Å². The van der Waals surface area contributed by atoms with Gasteiger partial charge in [-0.3, -0.25) is 9.59 Å². The molecule has 1 atom stereocenters. The maximum atomic E-state index is 12.0. The molecule has 110 valence electrons. The van der Waals surface area contributed by atoms with Gasteiger partial charge in [-0.05, 0) is 31.0 Å². The van der Waals surface area contributed by atoms with Crippen LogP contribution in [-0.4, -0.2) is 17.0 Å². The Labute approximate surface area is 128 Å². The number of hydrogen-bond donors (Lipinski definition) is 2. The van der Waals surface area contributed by atoms with E-state index in [1.54, 1.807) is 39.0 Å². The first-order chi connectivity index (χ1) is 9.15. The zero-order chi connectivity index (χ0) is 15.5. The van der Waals surface area contributed by atoms with Crippen LogP contribution >= 0.6 is 23.2 Å². The van der Waals surface area contributed by atoms with E-state index in [0.29, 0.717) is 15.7 Å². The highest BCUT2D eigenvalue weighted by Gasteiger charge is 2.38. The summed E-state index contributed by atoms with van der Waals surface area (Å²) in [6.07, 6.45) is -0.121. The van der Waals surface area contributed by atoms with Crippen molar-refractivity contribution in [2.24, 2.45) is 11.3 Å². The van der Waals surface area contributed by atoms with Gasteiger partial charge in [-0.1, -0.05) is 37.0 Å². The number of hydrogen-bond acceptors (Lipinski definition) is 2. The Morgan fingerprint density at radius 1 is 1.25 bits per heavy atom. The highest BCUT2D eigenvalue weighted by molar-refractivity contribution is 6.35. The maximum Gasteiger partial charge on any atom is 0.310 e. The highest BCUT2D eigenvalue weighted by Crippen LogP contribution is 2.32. The molecule has 0 aromatic heterocycles. The fourth-order valence-corrected chi connectivity index (χ4v) is 2.22. The van der Waals surface area contributed by atoms with Gasteiger partial charge in [-0.2, -0.15) is 0 Å². The lowest BCUT2D eigenvalue weighted by molar-refractivity contribution is -0.153. The number of carboxylic acids is 1. The molecule has 0 saturated carbocycles. The summed E-state index contributed by atoms with van der Waals surface area (Å²) < 4.78 is 0. The first-order valence-corrected chi connectivity index (χ1v) is 6.90. The van der Waals surface area contributed by atoms with Gasteiger partial charge in [0, 0.05) is 22.2 Å². The molecule has 0 fully saturated rings. The van der Waals surface area contributed by atoms with E-state index in [-0.39, 0.29) is 18.2 Å². The number of amides is 1. The molecule has 0 aliphatic heterocycles. The molecular formula is C14H17Cl2NO3. The number of halogens is 2. The average molecular weight is 318 g/mol. The van der Waals surface area contributed by atoms with Gasteiger partial charge in [0.1, 0.15) is 0 Å².